The Balaban J connectivity index is 2.89. The van der Waals surface area contributed by atoms with Crippen molar-refractivity contribution in [1.82, 2.24) is 10.2 Å². The van der Waals surface area contributed by atoms with Gasteiger partial charge in [-0.2, -0.15) is 0 Å². The molecule has 0 aromatic rings. The summed E-state index contributed by atoms with van der Waals surface area (Å²) < 4.78 is 5.65. The van der Waals surface area contributed by atoms with Crippen molar-refractivity contribution in [3.8, 4) is 0 Å². The lowest BCUT2D eigenvalue weighted by Gasteiger charge is -2.48. The third kappa shape index (κ3) is 3.93. The van der Waals surface area contributed by atoms with E-state index in [1.807, 2.05) is 0 Å². The quantitative estimate of drug-likeness (QED) is 0.697. The summed E-state index contributed by atoms with van der Waals surface area (Å²) in [5, 5.41) is 3.83. The molecule has 0 spiro atoms. The lowest BCUT2D eigenvalue weighted by Crippen LogP contribution is -2.62. The van der Waals surface area contributed by atoms with Crippen LogP contribution in [0.2, 0.25) is 0 Å². The largest absolute Gasteiger partial charge is 0.381 e. The van der Waals surface area contributed by atoms with Crippen LogP contribution in [0, 0.1) is 5.92 Å². The SMILES string of the molecule is CCCNC(C1CCOC1)C(C)(CC)N(CC)CC. The Morgan fingerprint density at radius 1 is 1.26 bits per heavy atom. The van der Waals surface area contributed by atoms with E-state index in [4.69, 9.17) is 4.74 Å². The van der Waals surface area contributed by atoms with Gasteiger partial charge >= 0.3 is 0 Å². The van der Waals surface area contributed by atoms with E-state index < -0.39 is 0 Å². The predicted molar refractivity (Wildman–Crippen MR) is 82.6 cm³/mol. The maximum Gasteiger partial charge on any atom is 0.0510 e. The van der Waals surface area contributed by atoms with Crippen LogP contribution < -0.4 is 5.32 Å². The molecule has 3 nitrogen and oxygen atoms in total. The summed E-state index contributed by atoms with van der Waals surface area (Å²) in [7, 11) is 0. The molecule has 19 heavy (non-hydrogen) atoms. The van der Waals surface area contributed by atoms with Gasteiger partial charge in [-0.25, -0.2) is 0 Å². The van der Waals surface area contributed by atoms with Crippen molar-refractivity contribution >= 4 is 0 Å². The van der Waals surface area contributed by atoms with Crippen molar-refractivity contribution in [2.75, 3.05) is 32.8 Å². The lowest BCUT2D eigenvalue weighted by atomic mass is 9.79. The number of nitrogens with one attached hydrogen (secondary N) is 1. The molecule has 1 aliphatic heterocycles. The number of rotatable bonds is 9. The summed E-state index contributed by atoms with van der Waals surface area (Å²) in [5.41, 5.74) is 0.233. The van der Waals surface area contributed by atoms with Crippen LogP contribution in [0.1, 0.15) is 53.9 Å². The minimum absolute atomic E-state index is 0.233. The van der Waals surface area contributed by atoms with E-state index in [9.17, 15) is 0 Å². The highest BCUT2D eigenvalue weighted by Crippen LogP contribution is 2.31. The fraction of sp³-hybridized carbons (Fsp3) is 1.00. The zero-order chi connectivity index (χ0) is 14.3. The molecule has 114 valence electrons. The Labute approximate surface area is 120 Å². The van der Waals surface area contributed by atoms with Crippen LogP contribution in [-0.4, -0.2) is 49.3 Å². The molecule has 1 heterocycles. The summed E-state index contributed by atoms with van der Waals surface area (Å²) in [4.78, 5) is 2.62. The first kappa shape index (κ1) is 16.9. The summed E-state index contributed by atoms with van der Waals surface area (Å²) >= 11 is 0. The van der Waals surface area contributed by atoms with Gasteiger partial charge in [-0.3, -0.25) is 4.90 Å². The van der Waals surface area contributed by atoms with E-state index in [1.54, 1.807) is 0 Å². The van der Waals surface area contributed by atoms with Gasteiger partial charge in [-0.15, -0.1) is 0 Å². The van der Waals surface area contributed by atoms with Gasteiger partial charge < -0.3 is 10.1 Å². The maximum absolute atomic E-state index is 5.65. The van der Waals surface area contributed by atoms with Gasteiger partial charge in [-0.05, 0) is 45.8 Å². The van der Waals surface area contributed by atoms with Gasteiger partial charge in [0.15, 0.2) is 0 Å². The standard InChI is InChI=1S/C16H34N2O/c1-6-11-17-15(14-10-12-19-13-14)16(5,7-2)18(8-3)9-4/h14-15,17H,6-13H2,1-5H3. The van der Waals surface area contributed by atoms with Gasteiger partial charge in [0, 0.05) is 24.1 Å². The molecule has 0 radical (unpaired) electrons. The predicted octanol–water partition coefficient (Wildman–Crippen LogP) is 2.90. The van der Waals surface area contributed by atoms with Crippen LogP contribution in [0.15, 0.2) is 0 Å². The van der Waals surface area contributed by atoms with Crippen molar-refractivity contribution in [2.24, 2.45) is 5.92 Å². The van der Waals surface area contributed by atoms with E-state index >= 15 is 0 Å². The monoisotopic (exact) mass is 270 g/mol. The van der Waals surface area contributed by atoms with Gasteiger partial charge in [0.25, 0.3) is 0 Å². The smallest absolute Gasteiger partial charge is 0.0510 e. The lowest BCUT2D eigenvalue weighted by molar-refractivity contribution is 0.0416. The zero-order valence-electron chi connectivity index (χ0n) is 13.7. The normalized spacial score (nSPS) is 24.6. The Morgan fingerprint density at radius 3 is 2.37 bits per heavy atom. The Bertz CT molecular complexity index is 237. The van der Waals surface area contributed by atoms with Gasteiger partial charge in [0.05, 0.1) is 6.61 Å². The van der Waals surface area contributed by atoms with Crippen molar-refractivity contribution in [2.45, 2.75) is 65.5 Å². The molecule has 0 bridgehead atoms. The number of likely N-dealkylation sites (N-methyl/N-ethyl adjacent to an activating group) is 1. The van der Waals surface area contributed by atoms with Gasteiger partial charge in [0.2, 0.25) is 0 Å². The first-order chi connectivity index (χ1) is 9.13. The molecule has 1 fully saturated rings. The summed E-state index contributed by atoms with van der Waals surface area (Å²) in [6.07, 6.45) is 3.59. The van der Waals surface area contributed by atoms with Crippen molar-refractivity contribution in [3.05, 3.63) is 0 Å². The molecule has 3 unspecified atom stereocenters. The van der Waals surface area contributed by atoms with Crippen LogP contribution in [0.5, 0.6) is 0 Å². The summed E-state index contributed by atoms with van der Waals surface area (Å²) in [5.74, 6) is 0.664. The van der Waals surface area contributed by atoms with Crippen LogP contribution in [0.3, 0.4) is 0 Å². The first-order valence-electron chi connectivity index (χ1n) is 8.20. The molecule has 1 saturated heterocycles. The van der Waals surface area contributed by atoms with Gasteiger partial charge in [-0.1, -0.05) is 27.7 Å². The number of hydrogen-bond donors (Lipinski definition) is 1. The fourth-order valence-electron chi connectivity index (χ4n) is 3.60. The average Bonchev–Trinajstić information content (AvgIpc) is 2.94. The molecule has 0 aromatic carbocycles. The van der Waals surface area contributed by atoms with Gasteiger partial charge in [0.1, 0.15) is 0 Å². The molecule has 0 aliphatic carbocycles. The first-order valence-corrected chi connectivity index (χ1v) is 8.20. The van der Waals surface area contributed by atoms with Crippen molar-refractivity contribution in [1.29, 1.82) is 0 Å². The average molecular weight is 270 g/mol. The van der Waals surface area contributed by atoms with E-state index in [0.29, 0.717) is 12.0 Å². The molecule has 0 amide bonds. The second-order valence-electron chi connectivity index (χ2n) is 5.94. The second-order valence-corrected chi connectivity index (χ2v) is 5.94. The molecule has 3 heteroatoms. The van der Waals surface area contributed by atoms with Crippen LogP contribution >= 0.6 is 0 Å². The topological polar surface area (TPSA) is 24.5 Å². The number of hydrogen-bond acceptors (Lipinski definition) is 3. The summed E-state index contributed by atoms with van der Waals surface area (Å²) in [6.45, 7) is 16.8. The minimum Gasteiger partial charge on any atom is -0.381 e. The highest BCUT2D eigenvalue weighted by Gasteiger charge is 2.42. The van der Waals surface area contributed by atoms with Crippen molar-refractivity contribution < 1.29 is 4.74 Å². The molecule has 0 aromatic heterocycles. The van der Waals surface area contributed by atoms with Crippen molar-refractivity contribution in [3.63, 3.8) is 0 Å². The highest BCUT2D eigenvalue weighted by atomic mass is 16.5. The Kier molecular flexibility index (Phi) is 7.33. The van der Waals surface area contributed by atoms with E-state index in [-0.39, 0.29) is 5.54 Å². The van der Waals surface area contributed by atoms with Crippen LogP contribution in [0.4, 0.5) is 0 Å². The number of ether oxygens (including phenoxy) is 1. The van der Waals surface area contributed by atoms with E-state index in [0.717, 1.165) is 32.8 Å². The molecular formula is C16H34N2O. The maximum atomic E-state index is 5.65. The van der Waals surface area contributed by atoms with Crippen LogP contribution in [0.25, 0.3) is 0 Å². The van der Waals surface area contributed by atoms with E-state index in [1.165, 1.54) is 19.3 Å². The molecule has 1 aliphatic rings. The highest BCUT2D eigenvalue weighted by molar-refractivity contribution is 5.00. The molecule has 1 rings (SSSR count). The van der Waals surface area contributed by atoms with Crippen LogP contribution in [-0.2, 0) is 4.74 Å². The fourth-order valence-corrected chi connectivity index (χ4v) is 3.60. The number of nitrogens with zero attached hydrogens (tertiary/aromatic N) is 1. The second kappa shape index (κ2) is 8.23. The Morgan fingerprint density at radius 2 is 1.95 bits per heavy atom. The molecule has 1 N–H and O–H groups in total. The Hall–Kier alpha value is -0.120. The minimum atomic E-state index is 0.233. The summed E-state index contributed by atoms with van der Waals surface area (Å²) in [6, 6.07) is 0.542. The molecule has 0 saturated carbocycles. The molecular weight excluding hydrogens is 236 g/mol. The third-order valence-corrected chi connectivity index (χ3v) is 4.92. The zero-order valence-corrected chi connectivity index (χ0v) is 13.7. The van der Waals surface area contributed by atoms with E-state index in [2.05, 4.69) is 44.8 Å². The molecule has 3 atom stereocenters. The third-order valence-electron chi connectivity index (χ3n) is 4.92.